The van der Waals surface area contributed by atoms with E-state index < -0.39 is 11.5 Å². The van der Waals surface area contributed by atoms with Crippen molar-refractivity contribution in [3.63, 3.8) is 0 Å². The first-order chi connectivity index (χ1) is 10.0. The third kappa shape index (κ3) is 4.42. The fraction of sp³-hybridized carbons (Fsp3) is 0.188. The molecular formula is C16H16O5. The highest BCUT2D eigenvalue weighted by molar-refractivity contribution is 6.15. The molecule has 21 heavy (non-hydrogen) atoms. The summed E-state index contributed by atoms with van der Waals surface area (Å²) >= 11 is 0. The van der Waals surface area contributed by atoms with E-state index in [0.29, 0.717) is 12.9 Å². The number of methoxy groups -OCH3 is 1. The predicted molar refractivity (Wildman–Crippen MR) is 77.5 cm³/mol. The van der Waals surface area contributed by atoms with Crippen LogP contribution in [0.5, 0.6) is 0 Å². The lowest BCUT2D eigenvalue weighted by molar-refractivity contribution is -0.126. The van der Waals surface area contributed by atoms with Gasteiger partial charge >= 0.3 is 0 Å². The van der Waals surface area contributed by atoms with Gasteiger partial charge < -0.3 is 9.84 Å². The van der Waals surface area contributed by atoms with Crippen molar-refractivity contribution in [3.05, 3.63) is 53.3 Å². The Labute approximate surface area is 122 Å². The van der Waals surface area contributed by atoms with Gasteiger partial charge in [0.1, 0.15) is 0 Å². The molecule has 0 bridgehead atoms. The van der Waals surface area contributed by atoms with E-state index in [1.165, 1.54) is 20.1 Å². The van der Waals surface area contributed by atoms with Gasteiger partial charge in [0.2, 0.25) is 5.78 Å². The number of rotatable bonds is 3. The van der Waals surface area contributed by atoms with Crippen molar-refractivity contribution < 1.29 is 24.2 Å². The highest BCUT2D eigenvalue weighted by Crippen LogP contribution is 2.28. The number of ether oxygens (including phenoxy) is 1. The number of carbonyl (C=O) groups excluding carboxylic acids is 3. The maximum atomic E-state index is 11.6. The van der Waals surface area contributed by atoms with Crippen LogP contribution in [0.15, 0.2) is 47.7 Å². The lowest BCUT2D eigenvalue weighted by Crippen LogP contribution is -2.14. The Balaban J connectivity index is 0.000000491. The summed E-state index contributed by atoms with van der Waals surface area (Å²) in [6.45, 7) is 1.73. The highest BCUT2D eigenvalue weighted by Gasteiger charge is 2.23. The molecule has 0 atom stereocenters. The summed E-state index contributed by atoms with van der Waals surface area (Å²) in [5, 5.41) is 9.54. The molecule has 0 aliphatic heterocycles. The lowest BCUT2D eigenvalue weighted by atomic mass is 9.89. The van der Waals surface area contributed by atoms with Crippen LogP contribution in [0.3, 0.4) is 0 Å². The van der Waals surface area contributed by atoms with Gasteiger partial charge in [-0.15, -0.1) is 0 Å². The van der Waals surface area contributed by atoms with Crippen molar-refractivity contribution in [2.75, 3.05) is 7.11 Å². The smallest absolute Gasteiger partial charge is 0.292 e. The van der Waals surface area contributed by atoms with Crippen LogP contribution in [0.25, 0.3) is 5.57 Å². The number of hydrogen-bond donors (Lipinski definition) is 1. The molecule has 5 nitrogen and oxygen atoms in total. The van der Waals surface area contributed by atoms with Gasteiger partial charge in [-0.05, 0) is 24.1 Å². The third-order valence-corrected chi connectivity index (χ3v) is 2.86. The average Bonchev–Trinajstić information content (AvgIpc) is 2.50. The zero-order valence-electron chi connectivity index (χ0n) is 11.8. The van der Waals surface area contributed by atoms with Gasteiger partial charge in [0, 0.05) is 12.0 Å². The minimum atomic E-state index is -0.500. The first-order valence-electron chi connectivity index (χ1n) is 6.21. The van der Waals surface area contributed by atoms with E-state index in [0.717, 1.165) is 11.1 Å². The van der Waals surface area contributed by atoms with Crippen LogP contribution in [-0.4, -0.2) is 30.3 Å². The summed E-state index contributed by atoms with van der Waals surface area (Å²) in [7, 11) is 1.31. The summed E-state index contributed by atoms with van der Waals surface area (Å²) in [5.74, 6) is -1.19. The molecule has 1 aromatic rings. The van der Waals surface area contributed by atoms with E-state index in [1.807, 2.05) is 30.3 Å². The Bertz CT molecular complexity index is 596. The molecular weight excluding hydrogens is 272 g/mol. The van der Waals surface area contributed by atoms with Gasteiger partial charge in [0.15, 0.2) is 11.5 Å². The minimum absolute atomic E-state index is 0.191. The molecule has 0 unspecified atom stereocenters. The number of hydrogen-bond acceptors (Lipinski definition) is 5. The zero-order valence-corrected chi connectivity index (χ0v) is 11.8. The second kappa shape index (κ2) is 7.79. The zero-order chi connectivity index (χ0) is 15.8. The Morgan fingerprint density at radius 2 is 1.86 bits per heavy atom. The number of aliphatic hydroxyl groups is 1. The number of carbonyl (C=O) groups is 3. The van der Waals surface area contributed by atoms with E-state index in [-0.39, 0.29) is 11.4 Å². The molecule has 1 aromatic carbocycles. The van der Waals surface area contributed by atoms with E-state index in [1.54, 1.807) is 0 Å². The summed E-state index contributed by atoms with van der Waals surface area (Å²) in [6.07, 6.45) is 1.69. The van der Waals surface area contributed by atoms with Crippen LogP contribution in [0.4, 0.5) is 0 Å². The SMILES string of the molecule is CC(=O)C1=C(O)C(=O)C=C(c2ccccc2)C1.COC=O. The molecule has 0 heterocycles. The maximum absolute atomic E-state index is 11.6. The van der Waals surface area contributed by atoms with Crippen molar-refractivity contribution in [1.29, 1.82) is 0 Å². The van der Waals surface area contributed by atoms with Gasteiger partial charge in [-0.2, -0.15) is 0 Å². The maximum Gasteiger partial charge on any atom is 0.292 e. The van der Waals surface area contributed by atoms with Crippen LogP contribution in [-0.2, 0) is 19.1 Å². The van der Waals surface area contributed by atoms with Crippen molar-refractivity contribution in [1.82, 2.24) is 0 Å². The Morgan fingerprint density at radius 1 is 1.29 bits per heavy atom. The van der Waals surface area contributed by atoms with Crippen LogP contribution < -0.4 is 0 Å². The van der Waals surface area contributed by atoms with Gasteiger partial charge in [0.25, 0.3) is 6.47 Å². The van der Waals surface area contributed by atoms with Crippen LogP contribution in [0, 0.1) is 0 Å². The van der Waals surface area contributed by atoms with Crippen LogP contribution in [0.2, 0.25) is 0 Å². The quantitative estimate of drug-likeness (QED) is 0.863. The molecule has 0 aromatic heterocycles. The molecule has 2 rings (SSSR count). The van der Waals surface area contributed by atoms with E-state index in [2.05, 4.69) is 4.74 Å². The molecule has 1 aliphatic carbocycles. The fourth-order valence-electron chi connectivity index (χ4n) is 1.83. The second-order valence-corrected chi connectivity index (χ2v) is 4.29. The monoisotopic (exact) mass is 288 g/mol. The molecule has 1 N–H and O–H groups in total. The topological polar surface area (TPSA) is 80.7 Å². The summed E-state index contributed by atoms with van der Waals surface area (Å²) < 4.78 is 3.86. The van der Waals surface area contributed by atoms with Gasteiger partial charge in [-0.25, -0.2) is 0 Å². The van der Waals surface area contributed by atoms with Gasteiger partial charge in [-0.1, -0.05) is 30.3 Å². The summed E-state index contributed by atoms with van der Waals surface area (Å²) in [6, 6.07) is 9.37. The Morgan fingerprint density at radius 3 is 2.33 bits per heavy atom. The van der Waals surface area contributed by atoms with Crippen molar-refractivity contribution in [2.24, 2.45) is 0 Å². The van der Waals surface area contributed by atoms with Crippen molar-refractivity contribution in [3.8, 4) is 0 Å². The summed E-state index contributed by atoms with van der Waals surface area (Å²) in [5.41, 5.74) is 1.85. The van der Waals surface area contributed by atoms with Crippen LogP contribution in [0.1, 0.15) is 18.9 Å². The lowest BCUT2D eigenvalue weighted by Gasteiger charge is -2.15. The van der Waals surface area contributed by atoms with Crippen molar-refractivity contribution in [2.45, 2.75) is 13.3 Å². The first-order valence-corrected chi connectivity index (χ1v) is 6.21. The molecule has 0 spiro atoms. The molecule has 5 heteroatoms. The van der Waals surface area contributed by atoms with Crippen LogP contribution >= 0.6 is 0 Å². The molecule has 1 aliphatic rings. The van der Waals surface area contributed by atoms with Gasteiger partial charge in [0.05, 0.1) is 7.11 Å². The molecule has 0 saturated heterocycles. The van der Waals surface area contributed by atoms with Gasteiger partial charge in [-0.3, -0.25) is 14.4 Å². The Kier molecular flexibility index (Phi) is 6.07. The van der Waals surface area contributed by atoms with E-state index in [9.17, 15) is 14.7 Å². The molecule has 0 fully saturated rings. The average molecular weight is 288 g/mol. The minimum Gasteiger partial charge on any atom is -0.504 e. The van der Waals surface area contributed by atoms with E-state index in [4.69, 9.17) is 4.79 Å². The normalized spacial score (nSPS) is 13.8. The number of Topliss-reactive ketones (excluding diaryl/α,β-unsaturated/α-hetero) is 1. The molecule has 0 saturated carbocycles. The van der Waals surface area contributed by atoms with Crippen molar-refractivity contribution >= 4 is 23.6 Å². The standard InChI is InChI=1S/C14H12O3.C2H4O2/c1-9(15)12-7-11(8-13(16)14(12)17)10-5-3-2-4-6-10;1-4-2-3/h2-6,8,17H,7H2,1H3;2H,1H3. The predicted octanol–water partition coefficient (Wildman–Crippen LogP) is 2.23. The molecule has 110 valence electrons. The first kappa shape index (κ1) is 16.4. The molecule has 0 radical (unpaired) electrons. The highest BCUT2D eigenvalue weighted by atomic mass is 16.5. The number of aliphatic hydroxyl groups excluding tert-OH is 1. The third-order valence-electron chi connectivity index (χ3n) is 2.86. The second-order valence-electron chi connectivity index (χ2n) is 4.29. The molecule has 0 amide bonds. The van der Waals surface area contributed by atoms with E-state index >= 15 is 0 Å². The number of benzene rings is 1. The fourth-order valence-corrected chi connectivity index (χ4v) is 1.83. The summed E-state index contributed by atoms with van der Waals surface area (Å²) in [4.78, 5) is 31.8. The largest absolute Gasteiger partial charge is 0.504 e. The Hall–Kier alpha value is -2.69. The number of ketones is 2. The number of allylic oxidation sites excluding steroid dienone is 3.